The van der Waals surface area contributed by atoms with Gasteiger partial charge in [-0.25, -0.2) is 0 Å². The second kappa shape index (κ2) is 7.60. The molecule has 2 aromatic carbocycles. The van der Waals surface area contributed by atoms with Gasteiger partial charge in [-0.05, 0) is 49.6 Å². The Hall–Kier alpha value is -2.92. The van der Waals surface area contributed by atoms with Crippen molar-refractivity contribution < 1.29 is 9.59 Å². The number of hydrogen-bond acceptors (Lipinski definition) is 3. The number of nitrogens with zero attached hydrogens (tertiary/aromatic N) is 1. The number of aryl methyl sites for hydroxylation is 2. The van der Waals surface area contributed by atoms with E-state index in [4.69, 9.17) is 0 Å². The number of thiophene rings is 1. The Morgan fingerprint density at radius 2 is 1.64 bits per heavy atom. The van der Waals surface area contributed by atoms with E-state index in [-0.39, 0.29) is 24.3 Å². The molecule has 1 aliphatic heterocycles. The third-order valence-electron chi connectivity index (χ3n) is 5.13. The molecule has 0 aliphatic carbocycles. The zero-order chi connectivity index (χ0) is 19.7. The Morgan fingerprint density at radius 1 is 1.00 bits per heavy atom. The van der Waals surface area contributed by atoms with Crippen molar-refractivity contribution in [3.63, 3.8) is 0 Å². The van der Waals surface area contributed by atoms with E-state index in [0.717, 1.165) is 27.4 Å². The highest BCUT2D eigenvalue weighted by Crippen LogP contribution is 2.43. The Labute approximate surface area is 168 Å². The second-order valence-corrected chi connectivity index (χ2v) is 8.20. The van der Waals surface area contributed by atoms with E-state index >= 15 is 0 Å². The van der Waals surface area contributed by atoms with Crippen molar-refractivity contribution in [3.8, 4) is 0 Å². The van der Waals surface area contributed by atoms with Gasteiger partial charge in [-0.3, -0.25) is 9.59 Å². The molecule has 2 heterocycles. The third kappa shape index (κ3) is 3.58. The molecule has 1 aliphatic rings. The fourth-order valence-electron chi connectivity index (χ4n) is 3.64. The fraction of sp³-hybridized carbons (Fsp3) is 0.217. The summed E-state index contributed by atoms with van der Waals surface area (Å²) in [6, 6.07) is 19.3. The monoisotopic (exact) mass is 390 g/mol. The quantitative estimate of drug-likeness (QED) is 0.674. The van der Waals surface area contributed by atoms with Gasteiger partial charge in [0.25, 0.3) is 0 Å². The second-order valence-electron chi connectivity index (χ2n) is 7.23. The minimum Gasteiger partial charge on any atom is -0.326 e. The van der Waals surface area contributed by atoms with E-state index in [9.17, 15) is 9.59 Å². The molecular weight excluding hydrogens is 368 g/mol. The molecule has 1 N–H and O–H groups in total. The molecule has 2 atom stereocenters. The van der Waals surface area contributed by atoms with Crippen molar-refractivity contribution in [1.82, 2.24) is 0 Å². The van der Waals surface area contributed by atoms with Crippen LogP contribution < -0.4 is 10.2 Å². The number of carbonyl (C=O) groups excluding carboxylic acids is 2. The van der Waals surface area contributed by atoms with Gasteiger partial charge in [-0.1, -0.05) is 41.5 Å². The summed E-state index contributed by atoms with van der Waals surface area (Å²) in [5.74, 6) is -0.578. The zero-order valence-electron chi connectivity index (χ0n) is 15.9. The van der Waals surface area contributed by atoms with E-state index < -0.39 is 5.92 Å². The van der Waals surface area contributed by atoms with E-state index in [2.05, 4.69) is 5.32 Å². The van der Waals surface area contributed by atoms with Crippen LogP contribution in [0.3, 0.4) is 0 Å². The lowest BCUT2D eigenvalue weighted by Crippen LogP contribution is -2.31. The summed E-state index contributed by atoms with van der Waals surface area (Å²) in [5.41, 5.74) is 3.86. The van der Waals surface area contributed by atoms with Crippen LogP contribution in [0.25, 0.3) is 0 Å². The summed E-state index contributed by atoms with van der Waals surface area (Å²) in [6.07, 6.45) is 0.203. The molecular formula is C23H22N2O2S. The van der Waals surface area contributed by atoms with Crippen LogP contribution in [-0.4, -0.2) is 11.8 Å². The summed E-state index contributed by atoms with van der Waals surface area (Å²) in [6.45, 7) is 4.03. The largest absolute Gasteiger partial charge is 0.326 e. The smallest absolute Gasteiger partial charge is 0.230 e. The van der Waals surface area contributed by atoms with Gasteiger partial charge in [0.05, 0.1) is 12.0 Å². The standard InChI is InChI=1S/C23H22N2O2S/c1-15-5-9-17(10-6-15)24-23(27)19-14-21(26)25(18-11-7-16(2)8-12-18)22(19)20-4-3-13-28-20/h3-13,19,22H,14H2,1-2H3,(H,24,27)/t19-,22+/m0/s1. The molecule has 4 nitrogen and oxygen atoms in total. The number of carbonyl (C=O) groups is 2. The Morgan fingerprint density at radius 3 is 2.25 bits per heavy atom. The van der Waals surface area contributed by atoms with Crippen LogP contribution in [0, 0.1) is 19.8 Å². The predicted molar refractivity (Wildman–Crippen MR) is 114 cm³/mol. The minimum atomic E-state index is -0.436. The number of nitrogens with one attached hydrogen (secondary N) is 1. The SMILES string of the molecule is Cc1ccc(NC(=O)[C@H]2CC(=O)N(c3ccc(C)cc3)[C@H]2c2cccs2)cc1. The minimum absolute atomic E-state index is 0.0219. The number of hydrogen-bond donors (Lipinski definition) is 1. The first-order chi connectivity index (χ1) is 13.5. The molecule has 0 bridgehead atoms. The fourth-order valence-corrected chi connectivity index (χ4v) is 4.52. The molecule has 0 saturated carbocycles. The maximum absolute atomic E-state index is 13.1. The molecule has 3 aromatic rings. The van der Waals surface area contributed by atoms with Crippen LogP contribution >= 0.6 is 11.3 Å². The highest BCUT2D eigenvalue weighted by atomic mass is 32.1. The summed E-state index contributed by atoms with van der Waals surface area (Å²) in [7, 11) is 0. The number of rotatable bonds is 4. The lowest BCUT2D eigenvalue weighted by Gasteiger charge is -2.27. The van der Waals surface area contributed by atoms with Crippen molar-refractivity contribution in [1.29, 1.82) is 0 Å². The highest BCUT2D eigenvalue weighted by Gasteiger charge is 2.45. The summed E-state index contributed by atoms with van der Waals surface area (Å²) >= 11 is 1.58. The highest BCUT2D eigenvalue weighted by molar-refractivity contribution is 7.10. The van der Waals surface area contributed by atoms with Gasteiger partial charge in [0.15, 0.2) is 0 Å². The normalized spacial score (nSPS) is 19.1. The first-order valence-corrected chi connectivity index (χ1v) is 10.2. The van der Waals surface area contributed by atoms with Crippen molar-refractivity contribution in [2.24, 2.45) is 5.92 Å². The van der Waals surface area contributed by atoms with Crippen LogP contribution in [0.5, 0.6) is 0 Å². The lowest BCUT2D eigenvalue weighted by atomic mass is 9.97. The molecule has 28 heavy (non-hydrogen) atoms. The predicted octanol–water partition coefficient (Wildman–Crippen LogP) is 5.10. The van der Waals surface area contributed by atoms with Crippen LogP contribution in [-0.2, 0) is 9.59 Å². The Bertz CT molecular complexity index is 978. The van der Waals surface area contributed by atoms with Crippen molar-refractivity contribution in [2.75, 3.05) is 10.2 Å². The maximum Gasteiger partial charge on any atom is 0.230 e. The Kier molecular flexibility index (Phi) is 5.01. The summed E-state index contributed by atoms with van der Waals surface area (Å²) < 4.78 is 0. The van der Waals surface area contributed by atoms with E-state index in [1.807, 2.05) is 79.9 Å². The molecule has 0 unspecified atom stereocenters. The average Bonchev–Trinajstić information content (AvgIpc) is 3.32. The zero-order valence-corrected chi connectivity index (χ0v) is 16.7. The number of anilines is 2. The average molecular weight is 391 g/mol. The molecule has 5 heteroatoms. The van der Waals surface area contributed by atoms with Gasteiger partial charge in [0.2, 0.25) is 11.8 Å². The van der Waals surface area contributed by atoms with Gasteiger partial charge >= 0.3 is 0 Å². The van der Waals surface area contributed by atoms with Crippen LogP contribution in [0.15, 0.2) is 66.0 Å². The van der Waals surface area contributed by atoms with Crippen molar-refractivity contribution in [2.45, 2.75) is 26.3 Å². The maximum atomic E-state index is 13.1. The van der Waals surface area contributed by atoms with Crippen LogP contribution in [0.4, 0.5) is 11.4 Å². The van der Waals surface area contributed by atoms with E-state index in [1.165, 1.54) is 0 Å². The molecule has 142 valence electrons. The molecule has 1 fully saturated rings. The van der Waals surface area contributed by atoms with E-state index in [0.29, 0.717) is 0 Å². The third-order valence-corrected chi connectivity index (χ3v) is 6.07. The van der Waals surface area contributed by atoms with Crippen LogP contribution in [0.2, 0.25) is 0 Å². The number of benzene rings is 2. The summed E-state index contributed by atoms with van der Waals surface area (Å²) in [5, 5.41) is 4.98. The van der Waals surface area contributed by atoms with Gasteiger partial charge in [0.1, 0.15) is 0 Å². The van der Waals surface area contributed by atoms with Gasteiger partial charge < -0.3 is 10.2 Å². The molecule has 1 saturated heterocycles. The van der Waals surface area contributed by atoms with Crippen LogP contribution in [0.1, 0.15) is 28.5 Å². The first kappa shape index (κ1) is 18.4. The molecule has 2 amide bonds. The topological polar surface area (TPSA) is 49.4 Å². The lowest BCUT2D eigenvalue weighted by molar-refractivity contribution is -0.122. The molecule has 0 spiro atoms. The van der Waals surface area contributed by atoms with Gasteiger partial charge in [-0.2, -0.15) is 0 Å². The molecule has 0 radical (unpaired) electrons. The molecule has 1 aromatic heterocycles. The summed E-state index contributed by atoms with van der Waals surface area (Å²) in [4.78, 5) is 28.8. The van der Waals surface area contributed by atoms with Gasteiger partial charge in [0, 0.05) is 22.7 Å². The van der Waals surface area contributed by atoms with Crippen molar-refractivity contribution in [3.05, 3.63) is 82.0 Å². The molecule has 4 rings (SSSR count). The van der Waals surface area contributed by atoms with E-state index in [1.54, 1.807) is 16.2 Å². The Balaban J connectivity index is 1.66. The first-order valence-electron chi connectivity index (χ1n) is 9.32. The number of amides is 2. The van der Waals surface area contributed by atoms with Crippen molar-refractivity contribution >= 4 is 34.5 Å². The van der Waals surface area contributed by atoms with Gasteiger partial charge in [-0.15, -0.1) is 11.3 Å².